The molecule has 0 spiro atoms. The van der Waals surface area contributed by atoms with Crippen LogP contribution in [0.15, 0.2) is 158 Å². The number of carbonyl (C=O) groups is 4. The normalized spacial score (nSPS) is 16.1. The van der Waals surface area contributed by atoms with Gasteiger partial charge in [0.2, 0.25) is 11.8 Å². The molecule has 0 aliphatic carbocycles. The molecule has 2 N–H and O–H groups in total. The molecule has 8 rings (SSSR count). The molecule has 8 nitrogen and oxygen atoms in total. The van der Waals surface area contributed by atoms with E-state index in [0.717, 1.165) is 60.8 Å². The fourth-order valence-electron chi connectivity index (χ4n) is 8.61. The van der Waals surface area contributed by atoms with Crippen molar-refractivity contribution in [3.63, 3.8) is 0 Å². The minimum atomic E-state index is -0.533. The first-order valence-electron chi connectivity index (χ1n) is 21.8. The van der Waals surface area contributed by atoms with Crippen LogP contribution in [0.1, 0.15) is 79.8 Å². The standard InChI is InChI=1S/C54H52N4O4/c59-51(49-21-11-37-57(49)53(61)47-19-9-7-17-43(47)31-25-39-13-3-1-4-14-39)55-45-33-27-41(28-34-45)23-24-42-29-35-46(36-30-42)56-52(60)50-22-12-38-58(50)54(62)48-20-10-8-18-44(48)32-26-40-15-5-2-6-16-40/h1-10,13-20,23-24,27-30,33-36,49-50H,11-12,21-22,25-26,31-32,37-38H2,(H,55,59)(H,56,60)/b24-23+/t49-,50-/m0/s1. The number of nitrogens with zero attached hydrogens (tertiary/aromatic N) is 2. The van der Waals surface area contributed by atoms with E-state index in [9.17, 15) is 19.2 Å². The van der Waals surface area contributed by atoms with Crippen molar-refractivity contribution in [3.05, 3.63) is 202 Å². The van der Waals surface area contributed by atoms with Crippen LogP contribution in [-0.2, 0) is 35.3 Å². The van der Waals surface area contributed by atoms with Gasteiger partial charge in [-0.15, -0.1) is 0 Å². The predicted molar refractivity (Wildman–Crippen MR) is 248 cm³/mol. The van der Waals surface area contributed by atoms with Gasteiger partial charge in [-0.05, 0) is 121 Å². The number of nitrogens with one attached hydrogen (secondary N) is 2. The van der Waals surface area contributed by atoms with Crippen LogP contribution < -0.4 is 10.6 Å². The number of aryl methyl sites for hydroxylation is 4. The molecular formula is C54H52N4O4. The fraction of sp³-hybridized carbons (Fsp3) is 0.222. The van der Waals surface area contributed by atoms with Gasteiger partial charge in [0.05, 0.1) is 0 Å². The number of benzene rings is 6. The Morgan fingerprint density at radius 3 is 1.23 bits per heavy atom. The summed E-state index contributed by atoms with van der Waals surface area (Å²) in [4.78, 5) is 58.2. The molecule has 0 radical (unpaired) electrons. The van der Waals surface area contributed by atoms with Gasteiger partial charge in [0.15, 0.2) is 0 Å². The van der Waals surface area contributed by atoms with Crippen molar-refractivity contribution in [1.82, 2.24) is 9.80 Å². The number of anilines is 2. The maximum absolute atomic E-state index is 13.8. The van der Waals surface area contributed by atoms with E-state index in [1.54, 1.807) is 9.80 Å². The van der Waals surface area contributed by atoms with E-state index in [1.807, 2.05) is 146 Å². The maximum Gasteiger partial charge on any atom is 0.254 e. The Balaban J connectivity index is 0.829. The monoisotopic (exact) mass is 820 g/mol. The van der Waals surface area contributed by atoms with E-state index in [-0.39, 0.29) is 23.6 Å². The van der Waals surface area contributed by atoms with Gasteiger partial charge >= 0.3 is 0 Å². The number of amides is 4. The second kappa shape index (κ2) is 20.0. The van der Waals surface area contributed by atoms with Crippen molar-refractivity contribution >= 4 is 47.2 Å². The molecule has 2 heterocycles. The quantitative estimate of drug-likeness (QED) is 0.107. The average molecular weight is 821 g/mol. The van der Waals surface area contributed by atoms with Crippen molar-refractivity contribution in [2.45, 2.75) is 63.5 Å². The zero-order chi connectivity index (χ0) is 42.7. The number of hydrogen-bond acceptors (Lipinski definition) is 4. The van der Waals surface area contributed by atoms with E-state index in [1.165, 1.54) is 11.1 Å². The third-order valence-corrected chi connectivity index (χ3v) is 12.0. The predicted octanol–water partition coefficient (Wildman–Crippen LogP) is 9.91. The van der Waals surface area contributed by atoms with Crippen LogP contribution >= 0.6 is 0 Å². The van der Waals surface area contributed by atoms with Gasteiger partial charge in [0.25, 0.3) is 11.8 Å². The summed E-state index contributed by atoms with van der Waals surface area (Å²) in [5.74, 6) is -0.552. The van der Waals surface area contributed by atoms with E-state index < -0.39 is 12.1 Å². The first kappa shape index (κ1) is 41.7. The van der Waals surface area contributed by atoms with E-state index in [4.69, 9.17) is 0 Å². The molecule has 62 heavy (non-hydrogen) atoms. The summed E-state index contributed by atoms with van der Waals surface area (Å²) in [5.41, 5.74) is 9.01. The topological polar surface area (TPSA) is 98.8 Å². The molecule has 2 saturated heterocycles. The van der Waals surface area contributed by atoms with E-state index in [0.29, 0.717) is 48.4 Å². The van der Waals surface area contributed by atoms with E-state index in [2.05, 4.69) is 34.9 Å². The highest BCUT2D eigenvalue weighted by Gasteiger charge is 2.36. The molecule has 2 atom stereocenters. The van der Waals surface area contributed by atoms with Crippen molar-refractivity contribution < 1.29 is 19.2 Å². The van der Waals surface area contributed by atoms with Crippen LogP contribution in [0.5, 0.6) is 0 Å². The molecule has 0 unspecified atom stereocenters. The molecule has 2 fully saturated rings. The van der Waals surface area contributed by atoms with Crippen LogP contribution in [-0.4, -0.2) is 58.6 Å². The van der Waals surface area contributed by atoms with Crippen LogP contribution in [0.2, 0.25) is 0 Å². The highest BCUT2D eigenvalue weighted by molar-refractivity contribution is 6.03. The lowest BCUT2D eigenvalue weighted by atomic mass is 9.98. The summed E-state index contributed by atoms with van der Waals surface area (Å²) in [7, 11) is 0. The van der Waals surface area contributed by atoms with Crippen LogP contribution in [0, 0.1) is 0 Å². The minimum absolute atomic E-state index is 0.0955. The Hall–Kier alpha value is -7.06. The molecule has 0 saturated carbocycles. The number of carbonyl (C=O) groups excluding carboxylic acids is 4. The first-order valence-corrected chi connectivity index (χ1v) is 21.8. The zero-order valence-electron chi connectivity index (χ0n) is 34.9. The summed E-state index contributed by atoms with van der Waals surface area (Å²) in [6.07, 6.45) is 9.95. The second-order valence-electron chi connectivity index (χ2n) is 16.2. The Morgan fingerprint density at radius 2 is 0.823 bits per heavy atom. The molecule has 312 valence electrons. The summed E-state index contributed by atoms with van der Waals surface area (Å²) < 4.78 is 0. The SMILES string of the molecule is O=C(Nc1ccc(/C=C/c2ccc(NC(=O)[C@@H]3CCCN3C(=O)c3ccccc3CCc3ccccc3)cc2)cc1)[C@@H]1CCCN1C(=O)c1ccccc1CCc1ccccc1. The Labute approximate surface area is 364 Å². The second-order valence-corrected chi connectivity index (χ2v) is 16.2. The van der Waals surface area contributed by atoms with Crippen molar-refractivity contribution in [3.8, 4) is 0 Å². The molecule has 0 aromatic heterocycles. The maximum atomic E-state index is 13.8. The van der Waals surface area contributed by atoms with Gasteiger partial charge < -0.3 is 20.4 Å². The van der Waals surface area contributed by atoms with Gasteiger partial charge in [-0.25, -0.2) is 0 Å². The molecular weight excluding hydrogens is 769 g/mol. The molecule has 0 bridgehead atoms. The van der Waals surface area contributed by atoms with Gasteiger partial charge in [-0.1, -0.05) is 133 Å². The Kier molecular flexibility index (Phi) is 13.4. The highest BCUT2D eigenvalue weighted by Crippen LogP contribution is 2.26. The van der Waals surface area contributed by atoms with Crippen molar-refractivity contribution in [1.29, 1.82) is 0 Å². The molecule has 6 aromatic rings. The van der Waals surface area contributed by atoms with Gasteiger partial charge in [-0.2, -0.15) is 0 Å². The molecule has 2 aliphatic heterocycles. The largest absolute Gasteiger partial charge is 0.327 e. The summed E-state index contributed by atoms with van der Waals surface area (Å²) in [5, 5.41) is 6.08. The van der Waals surface area contributed by atoms with Crippen molar-refractivity contribution in [2.24, 2.45) is 0 Å². The summed E-state index contributed by atoms with van der Waals surface area (Å²) >= 11 is 0. The van der Waals surface area contributed by atoms with Gasteiger partial charge in [0.1, 0.15) is 12.1 Å². The molecule has 2 aliphatic rings. The Morgan fingerprint density at radius 1 is 0.452 bits per heavy atom. The average Bonchev–Trinajstić information content (AvgIpc) is 4.03. The van der Waals surface area contributed by atoms with Gasteiger partial charge in [0, 0.05) is 35.6 Å². The zero-order valence-corrected chi connectivity index (χ0v) is 34.9. The first-order chi connectivity index (χ1) is 30.4. The molecule has 8 heteroatoms. The number of hydrogen-bond donors (Lipinski definition) is 2. The smallest absolute Gasteiger partial charge is 0.254 e. The van der Waals surface area contributed by atoms with Gasteiger partial charge in [-0.3, -0.25) is 19.2 Å². The van der Waals surface area contributed by atoms with Crippen LogP contribution in [0.25, 0.3) is 12.2 Å². The molecule has 6 aromatic carbocycles. The number of likely N-dealkylation sites (tertiary alicyclic amines) is 2. The third kappa shape index (κ3) is 10.3. The molecule has 4 amide bonds. The lowest BCUT2D eigenvalue weighted by Gasteiger charge is -2.25. The lowest BCUT2D eigenvalue weighted by molar-refractivity contribution is -0.120. The third-order valence-electron chi connectivity index (χ3n) is 12.0. The van der Waals surface area contributed by atoms with Crippen molar-refractivity contribution in [2.75, 3.05) is 23.7 Å². The van der Waals surface area contributed by atoms with E-state index >= 15 is 0 Å². The minimum Gasteiger partial charge on any atom is -0.327 e. The highest BCUT2D eigenvalue weighted by atomic mass is 16.2. The fourth-order valence-corrected chi connectivity index (χ4v) is 8.61. The van der Waals surface area contributed by atoms with Crippen LogP contribution in [0.3, 0.4) is 0 Å². The van der Waals surface area contributed by atoms with Crippen LogP contribution in [0.4, 0.5) is 11.4 Å². The lowest BCUT2D eigenvalue weighted by Crippen LogP contribution is -2.43. The Bertz CT molecular complexity index is 2340. The summed E-state index contributed by atoms with van der Waals surface area (Å²) in [6.45, 7) is 1.10. The summed E-state index contributed by atoms with van der Waals surface area (Å²) in [6, 6.07) is 50.2. The number of rotatable bonds is 14.